The molecule has 1 aromatic heterocycles. The number of nitrogens with zero attached hydrogens (tertiary/aromatic N) is 2. The SMILES string of the molecule is COc1cc(C)c([C@H](C)NC(=O)[C@H]2CCCN(c3ccccn3)C2)cc1OC. The van der Waals surface area contributed by atoms with Gasteiger partial charge in [0.05, 0.1) is 26.2 Å². The molecule has 1 fully saturated rings. The fourth-order valence-corrected chi connectivity index (χ4v) is 3.81. The lowest BCUT2D eigenvalue weighted by Gasteiger charge is -2.33. The van der Waals surface area contributed by atoms with E-state index in [0.717, 1.165) is 36.3 Å². The number of hydrogen-bond donors (Lipinski definition) is 1. The van der Waals surface area contributed by atoms with Crippen LogP contribution in [-0.4, -0.2) is 38.2 Å². The number of aryl methyl sites for hydroxylation is 1. The van der Waals surface area contributed by atoms with Crippen LogP contribution in [0.25, 0.3) is 0 Å². The molecule has 0 aliphatic carbocycles. The lowest BCUT2D eigenvalue weighted by atomic mass is 9.95. The van der Waals surface area contributed by atoms with Crippen molar-refractivity contribution in [3.63, 3.8) is 0 Å². The Hall–Kier alpha value is -2.76. The van der Waals surface area contributed by atoms with Gasteiger partial charge < -0.3 is 19.7 Å². The monoisotopic (exact) mass is 383 g/mol. The second kappa shape index (κ2) is 8.95. The van der Waals surface area contributed by atoms with Gasteiger partial charge in [0.2, 0.25) is 5.91 Å². The van der Waals surface area contributed by atoms with E-state index in [1.807, 2.05) is 44.2 Å². The Morgan fingerprint density at radius 2 is 2.00 bits per heavy atom. The van der Waals surface area contributed by atoms with Crippen LogP contribution in [0.1, 0.15) is 36.9 Å². The van der Waals surface area contributed by atoms with Crippen LogP contribution in [0.5, 0.6) is 11.5 Å². The molecule has 1 saturated heterocycles. The van der Waals surface area contributed by atoms with Crippen molar-refractivity contribution < 1.29 is 14.3 Å². The largest absolute Gasteiger partial charge is 0.493 e. The van der Waals surface area contributed by atoms with Gasteiger partial charge in [-0.15, -0.1) is 0 Å². The minimum atomic E-state index is -0.113. The second-order valence-corrected chi connectivity index (χ2v) is 7.27. The average molecular weight is 383 g/mol. The highest BCUT2D eigenvalue weighted by atomic mass is 16.5. The molecule has 1 amide bonds. The summed E-state index contributed by atoms with van der Waals surface area (Å²) >= 11 is 0. The number of rotatable bonds is 6. The Labute approximate surface area is 166 Å². The van der Waals surface area contributed by atoms with Gasteiger partial charge in [0.1, 0.15) is 5.82 Å². The first kappa shape index (κ1) is 20.0. The first-order valence-electron chi connectivity index (χ1n) is 9.72. The summed E-state index contributed by atoms with van der Waals surface area (Å²) in [4.78, 5) is 19.5. The minimum Gasteiger partial charge on any atom is -0.493 e. The summed E-state index contributed by atoms with van der Waals surface area (Å²) in [5.41, 5.74) is 2.09. The van der Waals surface area contributed by atoms with E-state index >= 15 is 0 Å². The van der Waals surface area contributed by atoms with Crippen LogP contribution in [-0.2, 0) is 4.79 Å². The molecule has 0 spiro atoms. The molecule has 0 radical (unpaired) electrons. The fourth-order valence-electron chi connectivity index (χ4n) is 3.81. The Kier molecular flexibility index (Phi) is 6.39. The molecule has 2 aromatic rings. The van der Waals surface area contributed by atoms with Gasteiger partial charge in [-0.05, 0) is 62.1 Å². The number of carbonyl (C=O) groups excluding carboxylic acids is 1. The number of aromatic nitrogens is 1. The van der Waals surface area contributed by atoms with Crippen LogP contribution in [0.3, 0.4) is 0 Å². The number of carbonyl (C=O) groups is 1. The lowest BCUT2D eigenvalue weighted by molar-refractivity contribution is -0.125. The zero-order chi connectivity index (χ0) is 20.1. The number of benzene rings is 1. The fraction of sp³-hybridized carbons (Fsp3) is 0.455. The minimum absolute atomic E-state index is 0.0429. The first-order valence-corrected chi connectivity index (χ1v) is 9.72. The van der Waals surface area contributed by atoms with Gasteiger partial charge in [0, 0.05) is 19.3 Å². The van der Waals surface area contributed by atoms with Crippen LogP contribution in [0, 0.1) is 12.8 Å². The van der Waals surface area contributed by atoms with Crippen LogP contribution in [0.15, 0.2) is 36.5 Å². The molecule has 1 aromatic carbocycles. The molecule has 6 heteroatoms. The Morgan fingerprint density at radius 3 is 2.68 bits per heavy atom. The molecule has 2 atom stereocenters. The number of piperidine rings is 1. The number of methoxy groups -OCH3 is 2. The number of ether oxygens (including phenoxy) is 2. The van der Waals surface area contributed by atoms with Crippen molar-refractivity contribution in [2.45, 2.75) is 32.7 Å². The van der Waals surface area contributed by atoms with Gasteiger partial charge in [-0.25, -0.2) is 4.98 Å². The van der Waals surface area contributed by atoms with E-state index in [2.05, 4.69) is 15.2 Å². The summed E-state index contributed by atoms with van der Waals surface area (Å²) in [6, 6.07) is 9.66. The van der Waals surface area contributed by atoms with Crippen molar-refractivity contribution in [2.75, 3.05) is 32.2 Å². The van der Waals surface area contributed by atoms with Gasteiger partial charge in [-0.3, -0.25) is 4.79 Å². The molecule has 1 N–H and O–H groups in total. The van der Waals surface area contributed by atoms with Gasteiger partial charge >= 0.3 is 0 Å². The number of anilines is 1. The van der Waals surface area contributed by atoms with Crippen molar-refractivity contribution >= 4 is 11.7 Å². The Bertz CT molecular complexity index is 810. The van der Waals surface area contributed by atoms with Crippen LogP contribution < -0.4 is 19.7 Å². The third-order valence-corrected chi connectivity index (χ3v) is 5.36. The number of pyridine rings is 1. The lowest BCUT2D eigenvalue weighted by Crippen LogP contribution is -2.44. The van der Waals surface area contributed by atoms with E-state index < -0.39 is 0 Å². The Morgan fingerprint density at radius 1 is 1.25 bits per heavy atom. The zero-order valence-corrected chi connectivity index (χ0v) is 17.1. The first-order chi connectivity index (χ1) is 13.5. The molecule has 0 saturated carbocycles. The predicted molar refractivity (Wildman–Crippen MR) is 110 cm³/mol. The van der Waals surface area contributed by atoms with Gasteiger partial charge in [0.15, 0.2) is 11.5 Å². The molecule has 6 nitrogen and oxygen atoms in total. The summed E-state index contributed by atoms with van der Waals surface area (Å²) in [6.45, 7) is 5.65. The quantitative estimate of drug-likeness (QED) is 0.827. The molecule has 1 aliphatic heterocycles. The summed E-state index contributed by atoms with van der Waals surface area (Å²) in [7, 11) is 3.24. The molecule has 150 valence electrons. The molecule has 28 heavy (non-hydrogen) atoms. The van der Waals surface area contributed by atoms with Gasteiger partial charge in [-0.1, -0.05) is 6.07 Å². The second-order valence-electron chi connectivity index (χ2n) is 7.27. The van der Waals surface area contributed by atoms with E-state index in [9.17, 15) is 4.79 Å². The van der Waals surface area contributed by atoms with Gasteiger partial charge in [0.25, 0.3) is 0 Å². The zero-order valence-electron chi connectivity index (χ0n) is 17.1. The third-order valence-electron chi connectivity index (χ3n) is 5.36. The molecule has 3 rings (SSSR count). The van der Waals surface area contributed by atoms with Crippen molar-refractivity contribution in [3.8, 4) is 11.5 Å². The highest BCUT2D eigenvalue weighted by Gasteiger charge is 2.28. The van der Waals surface area contributed by atoms with E-state index in [0.29, 0.717) is 18.0 Å². The summed E-state index contributed by atoms with van der Waals surface area (Å²) in [5, 5.41) is 3.19. The molecule has 1 aliphatic rings. The van der Waals surface area contributed by atoms with Crippen molar-refractivity contribution in [2.24, 2.45) is 5.92 Å². The van der Waals surface area contributed by atoms with Gasteiger partial charge in [-0.2, -0.15) is 0 Å². The van der Waals surface area contributed by atoms with Crippen molar-refractivity contribution in [1.82, 2.24) is 10.3 Å². The third kappa shape index (κ3) is 4.38. The molecule has 2 heterocycles. The maximum Gasteiger partial charge on any atom is 0.225 e. The van der Waals surface area contributed by atoms with E-state index in [-0.39, 0.29) is 17.9 Å². The molecule has 0 unspecified atom stereocenters. The topological polar surface area (TPSA) is 63.7 Å². The average Bonchev–Trinajstić information content (AvgIpc) is 2.74. The Balaban J connectivity index is 1.69. The van der Waals surface area contributed by atoms with Crippen LogP contribution in [0.4, 0.5) is 5.82 Å². The maximum absolute atomic E-state index is 12.9. The molecular formula is C22H29N3O3. The highest BCUT2D eigenvalue weighted by Crippen LogP contribution is 2.33. The molecule has 0 bridgehead atoms. The molecular weight excluding hydrogens is 354 g/mol. The van der Waals surface area contributed by atoms with Crippen LogP contribution in [0.2, 0.25) is 0 Å². The summed E-state index contributed by atoms with van der Waals surface area (Å²) < 4.78 is 10.8. The smallest absolute Gasteiger partial charge is 0.225 e. The number of amides is 1. The maximum atomic E-state index is 12.9. The number of nitrogens with one attached hydrogen (secondary N) is 1. The predicted octanol–water partition coefficient (Wildman–Crippen LogP) is 3.50. The summed E-state index contributed by atoms with van der Waals surface area (Å²) in [6.07, 6.45) is 3.67. The number of hydrogen-bond acceptors (Lipinski definition) is 5. The normalized spacial score (nSPS) is 17.7. The van der Waals surface area contributed by atoms with E-state index in [1.165, 1.54) is 0 Å². The highest BCUT2D eigenvalue weighted by molar-refractivity contribution is 5.80. The summed E-state index contributed by atoms with van der Waals surface area (Å²) in [5.74, 6) is 2.34. The van der Waals surface area contributed by atoms with Crippen molar-refractivity contribution in [1.29, 1.82) is 0 Å². The van der Waals surface area contributed by atoms with Crippen LogP contribution >= 0.6 is 0 Å². The van der Waals surface area contributed by atoms with E-state index in [4.69, 9.17) is 9.47 Å². The van der Waals surface area contributed by atoms with E-state index in [1.54, 1.807) is 20.4 Å². The standard InChI is InChI=1S/C22H29N3O3/c1-15-12-19(27-3)20(28-4)13-18(15)16(2)24-22(26)17-8-7-11-25(14-17)21-9-5-6-10-23-21/h5-6,9-10,12-13,16-17H,7-8,11,14H2,1-4H3,(H,24,26)/t16-,17-/m0/s1. The van der Waals surface area contributed by atoms with Crippen molar-refractivity contribution in [3.05, 3.63) is 47.7 Å².